The maximum Gasteiger partial charge on any atom is 0.119 e. The molecule has 0 bridgehead atoms. The number of ether oxygens (including phenoxy) is 1. The van der Waals surface area contributed by atoms with Gasteiger partial charge in [0.25, 0.3) is 0 Å². The second-order valence-corrected chi connectivity index (χ2v) is 4.65. The van der Waals surface area contributed by atoms with Crippen molar-refractivity contribution in [3.63, 3.8) is 0 Å². The van der Waals surface area contributed by atoms with Crippen LogP contribution in [-0.2, 0) is 0 Å². The summed E-state index contributed by atoms with van der Waals surface area (Å²) in [5.41, 5.74) is 1.02. The highest BCUT2D eigenvalue weighted by molar-refractivity contribution is 5.28. The van der Waals surface area contributed by atoms with E-state index in [1.165, 1.54) is 0 Å². The minimum absolute atomic E-state index is 0.704. The van der Waals surface area contributed by atoms with Crippen LogP contribution in [0.2, 0.25) is 0 Å². The van der Waals surface area contributed by atoms with Gasteiger partial charge in [0.15, 0.2) is 0 Å². The molecule has 0 aliphatic heterocycles. The van der Waals surface area contributed by atoms with Crippen molar-refractivity contribution in [3.05, 3.63) is 36.8 Å². The second kappa shape index (κ2) is 6.54. The average molecular weight is 220 g/mol. The summed E-state index contributed by atoms with van der Waals surface area (Å²) >= 11 is 0. The molecule has 0 amide bonds. The first kappa shape index (κ1) is 13.0. The summed E-state index contributed by atoms with van der Waals surface area (Å²) in [6, 6.07) is 7.86. The van der Waals surface area contributed by atoms with Gasteiger partial charge >= 0.3 is 0 Å². The van der Waals surface area contributed by atoms with Crippen LogP contribution in [0.15, 0.2) is 24.3 Å². The average Bonchev–Trinajstić information content (AvgIpc) is 2.20. The lowest BCUT2D eigenvalue weighted by Crippen LogP contribution is -2.27. The Morgan fingerprint density at radius 1 is 1.25 bits per heavy atom. The number of nitrogens with zero attached hydrogens (tertiary/aromatic N) is 1. The van der Waals surface area contributed by atoms with Gasteiger partial charge in [-0.3, -0.25) is 0 Å². The summed E-state index contributed by atoms with van der Waals surface area (Å²) < 4.78 is 5.64. The first-order chi connectivity index (χ1) is 7.58. The zero-order valence-electron chi connectivity index (χ0n) is 10.6. The molecule has 1 aromatic carbocycles. The van der Waals surface area contributed by atoms with E-state index in [1.54, 1.807) is 0 Å². The molecule has 89 valence electrons. The highest BCUT2D eigenvalue weighted by Gasteiger charge is 2.01. The van der Waals surface area contributed by atoms with Gasteiger partial charge in [-0.2, -0.15) is 0 Å². The van der Waals surface area contributed by atoms with Gasteiger partial charge < -0.3 is 9.64 Å². The zero-order chi connectivity index (χ0) is 12.0. The highest BCUT2D eigenvalue weighted by atomic mass is 16.5. The summed E-state index contributed by atoms with van der Waals surface area (Å²) in [5, 5.41) is 0. The van der Waals surface area contributed by atoms with E-state index in [0.29, 0.717) is 5.92 Å². The molecule has 16 heavy (non-hydrogen) atoms. The Hall–Kier alpha value is -1.02. The smallest absolute Gasteiger partial charge is 0.119 e. The van der Waals surface area contributed by atoms with E-state index in [-0.39, 0.29) is 0 Å². The lowest BCUT2D eigenvalue weighted by Gasteiger charge is -2.18. The van der Waals surface area contributed by atoms with Gasteiger partial charge in [-0.1, -0.05) is 26.0 Å². The number of hydrogen-bond acceptors (Lipinski definition) is 2. The summed E-state index contributed by atoms with van der Waals surface area (Å²) in [7, 11) is 2.13. The maximum absolute atomic E-state index is 5.64. The molecule has 0 fully saturated rings. The molecule has 0 heterocycles. The predicted molar refractivity (Wildman–Crippen MR) is 68.7 cm³/mol. The molecule has 0 unspecified atom stereocenters. The molecule has 0 atom stereocenters. The molecule has 2 nitrogen and oxygen atoms in total. The van der Waals surface area contributed by atoms with Crippen molar-refractivity contribution in [1.29, 1.82) is 0 Å². The van der Waals surface area contributed by atoms with Gasteiger partial charge in [-0.25, -0.2) is 0 Å². The van der Waals surface area contributed by atoms with Gasteiger partial charge in [-0.15, -0.1) is 0 Å². The van der Waals surface area contributed by atoms with Crippen molar-refractivity contribution < 1.29 is 4.74 Å². The van der Waals surface area contributed by atoms with Crippen molar-refractivity contribution in [1.82, 2.24) is 4.90 Å². The number of benzene rings is 1. The van der Waals surface area contributed by atoms with Crippen LogP contribution in [0.25, 0.3) is 0 Å². The molecule has 1 rings (SSSR count). The van der Waals surface area contributed by atoms with E-state index >= 15 is 0 Å². The van der Waals surface area contributed by atoms with E-state index in [1.807, 2.05) is 24.3 Å². The molecule has 0 aliphatic carbocycles. The Labute approximate surface area is 99.2 Å². The Balaban J connectivity index is 2.22. The molecule has 1 radical (unpaired) electrons. The van der Waals surface area contributed by atoms with Crippen LogP contribution in [0.3, 0.4) is 0 Å². The molecule has 0 saturated heterocycles. The molecule has 0 spiro atoms. The van der Waals surface area contributed by atoms with E-state index in [0.717, 1.165) is 31.0 Å². The zero-order valence-corrected chi connectivity index (χ0v) is 10.6. The lowest BCUT2D eigenvalue weighted by molar-refractivity contribution is 0.223. The monoisotopic (exact) mass is 220 g/mol. The molecule has 0 saturated carbocycles. The first-order valence-electron chi connectivity index (χ1n) is 5.81. The molecular formula is C14H22NO. The first-order valence-corrected chi connectivity index (χ1v) is 5.81. The fourth-order valence-corrected chi connectivity index (χ4v) is 1.62. The van der Waals surface area contributed by atoms with Crippen LogP contribution in [0.1, 0.15) is 19.4 Å². The lowest BCUT2D eigenvalue weighted by atomic mass is 10.2. The van der Waals surface area contributed by atoms with Crippen LogP contribution in [0.4, 0.5) is 0 Å². The van der Waals surface area contributed by atoms with Crippen molar-refractivity contribution in [2.75, 3.05) is 26.7 Å². The number of likely N-dealkylation sites (N-methyl/N-ethyl adjacent to an activating group) is 1. The third-order valence-corrected chi connectivity index (χ3v) is 2.34. The molecular weight excluding hydrogens is 198 g/mol. The normalized spacial score (nSPS) is 11.1. The fourth-order valence-electron chi connectivity index (χ4n) is 1.62. The fraction of sp³-hybridized carbons (Fsp3) is 0.500. The van der Waals surface area contributed by atoms with Crippen molar-refractivity contribution in [2.24, 2.45) is 5.92 Å². The molecule has 0 aromatic heterocycles. The van der Waals surface area contributed by atoms with E-state index < -0.39 is 0 Å². The summed E-state index contributed by atoms with van der Waals surface area (Å²) in [6.07, 6.45) is 0. The third kappa shape index (κ3) is 5.17. The molecule has 2 heteroatoms. The SMILES string of the molecule is [CH2]c1ccc(OCCN(C)CC(C)C)cc1. The number of rotatable bonds is 6. The molecule has 0 N–H and O–H groups in total. The Bertz CT molecular complexity index is 292. The predicted octanol–water partition coefficient (Wildman–Crippen LogP) is 2.84. The standard InChI is InChI=1S/C14H22NO/c1-12(2)11-15(4)9-10-16-14-7-5-13(3)6-8-14/h5-8,12H,3,9-11H2,1-2,4H3. The van der Waals surface area contributed by atoms with Gasteiger partial charge in [0.2, 0.25) is 0 Å². The topological polar surface area (TPSA) is 12.5 Å². The number of hydrogen-bond donors (Lipinski definition) is 0. The van der Waals surface area contributed by atoms with Gasteiger partial charge in [0, 0.05) is 13.1 Å². The van der Waals surface area contributed by atoms with E-state index in [9.17, 15) is 0 Å². The van der Waals surface area contributed by atoms with Crippen LogP contribution in [-0.4, -0.2) is 31.6 Å². The minimum atomic E-state index is 0.704. The Kier molecular flexibility index (Phi) is 5.33. The minimum Gasteiger partial charge on any atom is -0.492 e. The summed E-state index contributed by atoms with van der Waals surface area (Å²) in [4.78, 5) is 2.29. The highest BCUT2D eigenvalue weighted by Crippen LogP contribution is 2.11. The Morgan fingerprint density at radius 3 is 2.44 bits per heavy atom. The van der Waals surface area contributed by atoms with E-state index in [4.69, 9.17) is 4.74 Å². The second-order valence-electron chi connectivity index (χ2n) is 4.65. The summed E-state index contributed by atoms with van der Waals surface area (Å²) in [6.45, 7) is 11.1. The largest absolute Gasteiger partial charge is 0.492 e. The van der Waals surface area contributed by atoms with Gasteiger partial charge in [0.05, 0.1) is 0 Å². The van der Waals surface area contributed by atoms with Crippen LogP contribution < -0.4 is 4.74 Å². The van der Waals surface area contributed by atoms with Crippen LogP contribution in [0.5, 0.6) is 5.75 Å². The summed E-state index contributed by atoms with van der Waals surface area (Å²) in [5.74, 6) is 1.63. The maximum atomic E-state index is 5.64. The van der Waals surface area contributed by atoms with Crippen molar-refractivity contribution >= 4 is 0 Å². The van der Waals surface area contributed by atoms with E-state index in [2.05, 4.69) is 32.7 Å². The van der Waals surface area contributed by atoms with Gasteiger partial charge in [-0.05, 0) is 37.6 Å². The van der Waals surface area contributed by atoms with Gasteiger partial charge in [0.1, 0.15) is 12.4 Å². The van der Waals surface area contributed by atoms with Crippen LogP contribution in [0, 0.1) is 12.8 Å². The molecule has 1 aromatic rings. The van der Waals surface area contributed by atoms with Crippen molar-refractivity contribution in [3.8, 4) is 5.75 Å². The third-order valence-electron chi connectivity index (χ3n) is 2.34. The Morgan fingerprint density at radius 2 is 1.88 bits per heavy atom. The van der Waals surface area contributed by atoms with Crippen molar-refractivity contribution in [2.45, 2.75) is 13.8 Å². The molecule has 0 aliphatic rings. The van der Waals surface area contributed by atoms with Crippen LogP contribution >= 0.6 is 0 Å². The quantitative estimate of drug-likeness (QED) is 0.731.